The average Bonchev–Trinajstić information content (AvgIpc) is 3.18. The standard InChI is InChI=1S/C19H18F2N4O5S/c1-30-18(28)16-13(4-7-31-16)23-15(26)9-14-17(27)22-5-6-25(14)19(29)24-12-3-2-10(20)8-11(12)21/h2-4,7-8,14H,5-6,9H2,1H3,(H,22,27)(H,23,26)(H,24,29)/t14-/m0/s1. The molecule has 12 heteroatoms. The van der Waals surface area contributed by atoms with Crippen molar-refractivity contribution in [3.63, 3.8) is 0 Å². The minimum absolute atomic E-state index is 0.0736. The van der Waals surface area contributed by atoms with E-state index < -0.39 is 47.9 Å². The van der Waals surface area contributed by atoms with Crippen molar-refractivity contribution in [1.82, 2.24) is 10.2 Å². The molecular weight excluding hydrogens is 434 g/mol. The SMILES string of the molecule is COC(=O)c1sccc1NC(=O)C[C@H]1C(=O)NCCN1C(=O)Nc1ccc(F)cc1F. The monoisotopic (exact) mass is 452 g/mol. The first-order valence-electron chi connectivity index (χ1n) is 9.06. The number of esters is 1. The quantitative estimate of drug-likeness (QED) is 0.602. The average molecular weight is 452 g/mol. The van der Waals surface area contributed by atoms with Gasteiger partial charge in [-0.25, -0.2) is 18.4 Å². The highest BCUT2D eigenvalue weighted by Gasteiger charge is 2.35. The fourth-order valence-electron chi connectivity index (χ4n) is 2.97. The summed E-state index contributed by atoms with van der Waals surface area (Å²) in [5.41, 5.74) is -0.0379. The predicted molar refractivity (Wildman–Crippen MR) is 108 cm³/mol. The Bertz CT molecular complexity index is 1030. The number of nitrogens with zero attached hydrogens (tertiary/aromatic N) is 1. The first kappa shape index (κ1) is 22.2. The molecule has 0 spiro atoms. The zero-order valence-electron chi connectivity index (χ0n) is 16.2. The number of urea groups is 1. The largest absolute Gasteiger partial charge is 0.465 e. The van der Waals surface area contributed by atoms with Gasteiger partial charge in [-0.3, -0.25) is 9.59 Å². The van der Waals surface area contributed by atoms with Crippen LogP contribution in [0.2, 0.25) is 0 Å². The second-order valence-electron chi connectivity index (χ2n) is 6.46. The Labute approximate surface area is 179 Å². The number of anilines is 2. The number of hydrogen-bond acceptors (Lipinski definition) is 6. The second kappa shape index (κ2) is 9.51. The first-order valence-corrected chi connectivity index (χ1v) is 9.94. The van der Waals surface area contributed by atoms with Gasteiger partial charge in [0.1, 0.15) is 22.6 Å². The third kappa shape index (κ3) is 5.15. The number of carbonyl (C=O) groups excluding carboxylic acids is 4. The van der Waals surface area contributed by atoms with E-state index in [4.69, 9.17) is 0 Å². The molecule has 1 saturated heterocycles. The van der Waals surface area contributed by atoms with E-state index in [2.05, 4.69) is 20.7 Å². The number of ether oxygens (including phenoxy) is 1. The summed E-state index contributed by atoms with van der Waals surface area (Å²) in [6, 6.07) is 2.17. The minimum Gasteiger partial charge on any atom is -0.465 e. The van der Waals surface area contributed by atoms with Crippen LogP contribution < -0.4 is 16.0 Å². The van der Waals surface area contributed by atoms with Crippen molar-refractivity contribution in [1.29, 1.82) is 0 Å². The third-order valence-corrected chi connectivity index (χ3v) is 5.35. The van der Waals surface area contributed by atoms with Crippen molar-refractivity contribution in [2.75, 3.05) is 30.8 Å². The molecule has 1 fully saturated rings. The smallest absolute Gasteiger partial charge is 0.350 e. The zero-order chi connectivity index (χ0) is 22.5. The molecular formula is C19H18F2N4O5S. The Balaban J connectivity index is 1.71. The van der Waals surface area contributed by atoms with E-state index in [9.17, 15) is 28.0 Å². The molecule has 3 rings (SSSR count). The number of piperazine rings is 1. The summed E-state index contributed by atoms with van der Waals surface area (Å²) in [4.78, 5) is 50.5. The van der Waals surface area contributed by atoms with Crippen molar-refractivity contribution in [3.8, 4) is 0 Å². The van der Waals surface area contributed by atoms with Crippen molar-refractivity contribution in [3.05, 3.63) is 46.2 Å². The number of rotatable bonds is 5. The van der Waals surface area contributed by atoms with Gasteiger partial charge in [-0.1, -0.05) is 0 Å². The zero-order valence-corrected chi connectivity index (χ0v) is 17.1. The fraction of sp³-hybridized carbons (Fsp3) is 0.263. The van der Waals surface area contributed by atoms with E-state index in [1.54, 1.807) is 5.38 Å². The number of methoxy groups -OCH3 is 1. The van der Waals surface area contributed by atoms with Crippen LogP contribution in [0.3, 0.4) is 0 Å². The van der Waals surface area contributed by atoms with Gasteiger partial charge >= 0.3 is 12.0 Å². The Morgan fingerprint density at radius 1 is 1.23 bits per heavy atom. The Morgan fingerprint density at radius 2 is 2.00 bits per heavy atom. The molecule has 1 aliphatic rings. The van der Waals surface area contributed by atoms with Gasteiger partial charge in [0.25, 0.3) is 0 Å². The van der Waals surface area contributed by atoms with Gasteiger partial charge in [0.15, 0.2) is 0 Å². The van der Waals surface area contributed by atoms with E-state index in [0.717, 1.165) is 28.4 Å². The Morgan fingerprint density at radius 3 is 2.71 bits per heavy atom. The maximum atomic E-state index is 13.9. The summed E-state index contributed by atoms with van der Waals surface area (Å²) < 4.78 is 31.6. The maximum absolute atomic E-state index is 13.9. The lowest BCUT2D eigenvalue weighted by Crippen LogP contribution is -2.59. The molecule has 4 amide bonds. The van der Waals surface area contributed by atoms with Gasteiger partial charge in [-0.15, -0.1) is 11.3 Å². The number of hydrogen-bond donors (Lipinski definition) is 3. The number of amides is 4. The topological polar surface area (TPSA) is 117 Å². The summed E-state index contributed by atoms with van der Waals surface area (Å²) in [6.45, 7) is 0.220. The fourth-order valence-corrected chi connectivity index (χ4v) is 3.74. The minimum atomic E-state index is -1.17. The molecule has 1 aromatic heterocycles. The molecule has 0 unspecified atom stereocenters. The van der Waals surface area contributed by atoms with Gasteiger partial charge in [0.05, 0.1) is 24.9 Å². The number of nitrogens with one attached hydrogen (secondary N) is 3. The Kier molecular flexibility index (Phi) is 6.80. The van der Waals surface area contributed by atoms with Crippen LogP contribution in [0.25, 0.3) is 0 Å². The van der Waals surface area contributed by atoms with E-state index in [-0.39, 0.29) is 29.3 Å². The number of thiophene rings is 1. The molecule has 2 aromatic rings. The van der Waals surface area contributed by atoms with Gasteiger partial charge in [0.2, 0.25) is 11.8 Å². The van der Waals surface area contributed by atoms with Crippen molar-refractivity contribution < 1.29 is 32.7 Å². The summed E-state index contributed by atoms with van der Waals surface area (Å²) in [5.74, 6) is -3.58. The van der Waals surface area contributed by atoms with Crippen molar-refractivity contribution >= 4 is 46.5 Å². The molecule has 1 aromatic carbocycles. The molecule has 0 radical (unpaired) electrons. The number of benzene rings is 1. The lowest BCUT2D eigenvalue weighted by atomic mass is 10.1. The molecule has 31 heavy (non-hydrogen) atoms. The van der Waals surface area contributed by atoms with Crippen molar-refractivity contribution in [2.24, 2.45) is 0 Å². The lowest BCUT2D eigenvalue weighted by Gasteiger charge is -2.34. The summed E-state index contributed by atoms with van der Waals surface area (Å²) in [7, 11) is 1.21. The molecule has 164 valence electrons. The van der Waals surface area contributed by atoms with Gasteiger partial charge < -0.3 is 25.6 Å². The molecule has 9 nitrogen and oxygen atoms in total. The highest BCUT2D eigenvalue weighted by molar-refractivity contribution is 7.12. The van der Waals surface area contributed by atoms with Crippen LogP contribution in [0.1, 0.15) is 16.1 Å². The van der Waals surface area contributed by atoms with E-state index >= 15 is 0 Å². The van der Waals surface area contributed by atoms with Gasteiger partial charge in [-0.2, -0.15) is 0 Å². The van der Waals surface area contributed by atoms with Gasteiger partial charge in [-0.05, 0) is 23.6 Å². The van der Waals surface area contributed by atoms with Crippen LogP contribution in [0.15, 0.2) is 29.6 Å². The Hall–Kier alpha value is -3.54. The van der Waals surface area contributed by atoms with Crippen LogP contribution in [-0.2, 0) is 14.3 Å². The second-order valence-corrected chi connectivity index (χ2v) is 7.38. The first-order chi connectivity index (χ1) is 14.8. The molecule has 3 N–H and O–H groups in total. The van der Waals surface area contributed by atoms with E-state index in [1.165, 1.54) is 13.2 Å². The van der Waals surface area contributed by atoms with Gasteiger partial charge in [0, 0.05) is 19.2 Å². The highest BCUT2D eigenvalue weighted by atomic mass is 32.1. The van der Waals surface area contributed by atoms with E-state index in [0.29, 0.717) is 6.07 Å². The van der Waals surface area contributed by atoms with Crippen LogP contribution in [0.4, 0.5) is 25.0 Å². The molecule has 0 saturated carbocycles. The predicted octanol–water partition coefficient (Wildman–Crippen LogP) is 2.17. The highest BCUT2D eigenvalue weighted by Crippen LogP contribution is 2.24. The molecule has 1 aliphatic heterocycles. The van der Waals surface area contributed by atoms with Crippen molar-refractivity contribution in [2.45, 2.75) is 12.5 Å². The van der Waals surface area contributed by atoms with Crippen LogP contribution in [-0.4, -0.2) is 55.0 Å². The van der Waals surface area contributed by atoms with Crippen LogP contribution in [0.5, 0.6) is 0 Å². The third-order valence-electron chi connectivity index (χ3n) is 4.45. The number of carbonyl (C=O) groups is 4. The maximum Gasteiger partial charge on any atom is 0.350 e. The molecule has 1 atom stereocenters. The normalized spacial score (nSPS) is 15.8. The summed E-state index contributed by atoms with van der Waals surface area (Å²) in [5, 5.41) is 8.97. The molecule has 0 bridgehead atoms. The van der Waals surface area contributed by atoms with E-state index in [1.807, 2.05) is 0 Å². The summed E-state index contributed by atoms with van der Waals surface area (Å²) in [6.07, 6.45) is -0.401. The lowest BCUT2D eigenvalue weighted by molar-refractivity contribution is -0.130. The summed E-state index contributed by atoms with van der Waals surface area (Å²) >= 11 is 1.07. The van der Waals surface area contributed by atoms with Crippen LogP contribution in [0, 0.1) is 11.6 Å². The molecule has 2 heterocycles. The number of halogens is 2. The van der Waals surface area contributed by atoms with Crippen LogP contribution >= 0.6 is 11.3 Å². The molecule has 0 aliphatic carbocycles.